The van der Waals surface area contributed by atoms with Crippen LogP contribution < -0.4 is 10.2 Å². The van der Waals surface area contributed by atoms with Crippen LogP contribution in [0.2, 0.25) is 0 Å². The van der Waals surface area contributed by atoms with Crippen molar-refractivity contribution in [3.05, 3.63) is 64.7 Å². The molecule has 0 heterocycles. The summed E-state index contributed by atoms with van der Waals surface area (Å²) in [6.45, 7) is 4.05. The number of hydrogen-bond acceptors (Lipinski definition) is 3. The Bertz CT molecular complexity index is 693. The quantitative estimate of drug-likeness (QED) is 0.681. The van der Waals surface area contributed by atoms with Crippen LogP contribution in [0.3, 0.4) is 0 Å². The van der Waals surface area contributed by atoms with Crippen molar-refractivity contribution in [1.82, 2.24) is 5.43 Å². The van der Waals surface area contributed by atoms with Gasteiger partial charge in [0.15, 0.2) is 0 Å². The number of hydrogen-bond donors (Lipinski definition) is 1. The Labute approximate surface area is 130 Å². The summed E-state index contributed by atoms with van der Waals surface area (Å²) in [4.78, 5) is 11.9. The van der Waals surface area contributed by atoms with Crippen LogP contribution >= 0.6 is 0 Å². The number of benzene rings is 2. The Kier molecular flexibility index (Phi) is 5.31. The lowest BCUT2D eigenvalue weighted by Crippen LogP contribution is -2.20. The van der Waals surface area contributed by atoms with Crippen LogP contribution in [0, 0.1) is 13.8 Å². The zero-order valence-electron chi connectivity index (χ0n) is 13.1. The van der Waals surface area contributed by atoms with Gasteiger partial charge in [0.2, 0.25) is 5.91 Å². The Morgan fingerprint density at radius 2 is 2.05 bits per heavy atom. The van der Waals surface area contributed by atoms with Gasteiger partial charge in [-0.15, -0.1) is 0 Å². The van der Waals surface area contributed by atoms with Gasteiger partial charge in [0.1, 0.15) is 5.75 Å². The number of amides is 1. The van der Waals surface area contributed by atoms with Crippen molar-refractivity contribution < 1.29 is 9.53 Å². The third kappa shape index (κ3) is 4.45. The zero-order chi connectivity index (χ0) is 15.9. The van der Waals surface area contributed by atoms with Gasteiger partial charge >= 0.3 is 0 Å². The highest BCUT2D eigenvalue weighted by atomic mass is 16.5. The standard InChI is InChI=1S/C18H20N2O2/c1-13-7-8-16(14(2)9-13)11-18(21)20-19-12-15-5-4-6-17(10-15)22-3/h4-10,12H,11H2,1-3H3,(H,20,21)/b19-12-. The van der Waals surface area contributed by atoms with E-state index in [1.54, 1.807) is 13.3 Å². The molecule has 0 atom stereocenters. The van der Waals surface area contributed by atoms with E-state index < -0.39 is 0 Å². The summed E-state index contributed by atoms with van der Waals surface area (Å²) in [5.74, 6) is 0.622. The first kappa shape index (κ1) is 15.8. The van der Waals surface area contributed by atoms with Crippen molar-refractivity contribution in [3.8, 4) is 5.75 Å². The summed E-state index contributed by atoms with van der Waals surface area (Å²) in [5, 5.41) is 3.98. The van der Waals surface area contributed by atoms with Crippen molar-refractivity contribution in [2.75, 3.05) is 7.11 Å². The second kappa shape index (κ2) is 7.41. The average Bonchev–Trinajstić information content (AvgIpc) is 2.50. The average molecular weight is 296 g/mol. The molecule has 0 aliphatic carbocycles. The first-order valence-electron chi connectivity index (χ1n) is 7.10. The molecule has 1 N–H and O–H groups in total. The molecule has 2 aromatic rings. The molecule has 2 rings (SSSR count). The number of aryl methyl sites for hydroxylation is 2. The third-order valence-corrected chi connectivity index (χ3v) is 3.35. The number of carbonyl (C=O) groups is 1. The first-order chi connectivity index (χ1) is 10.6. The van der Waals surface area contributed by atoms with E-state index in [0.29, 0.717) is 6.42 Å². The summed E-state index contributed by atoms with van der Waals surface area (Å²) in [5.41, 5.74) is 6.74. The van der Waals surface area contributed by atoms with Crippen LogP contribution in [-0.2, 0) is 11.2 Å². The van der Waals surface area contributed by atoms with E-state index in [1.807, 2.05) is 50.2 Å². The highest BCUT2D eigenvalue weighted by Crippen LogP contribution is 2.12. The van der Waals surface area contributed by atoms with Gasteiger partial charge in [-0.3, -0.25) is 4.79 Å². The van der Waals surface area contributed by atoms with Gasteiger partial charge < -0.3 is 4.74 Å². The van der Waals surface area contributed by atoms with E-state index in [1.165, 1.54) is 5.56 Å². The molecule has 0 fully saturated rings. The number of rotatable bonds is 5. The summed E-state index contributed by atoms with van der Waals surface area (Å²) < 4.78 is 5.14. The van der Waals surface area contributed by atoms with E-state index in [-0.39, 0.29) is 5.91 Å². The van der Waals surface area contributed by atoms with Gasteiger partial charge in [-0.05, 0) is 42.7 Å². The van der Waals surface area contributed by atoms with Crippen LogP contribution in [0.4, 0.5) is 0 Å². The summed E-state index contributed by atoms with van der Waals surface area (Å²) in [6, 6.07) is 13.5. The lowest BCUT2D eigenvalue weighted by Gasteiger charge is -2.05. The molecular formula is C18H20N2O2. The van der Waals surface area contributed by atoms with Crippen LogP contribution in [-0.4, -0.2) is 19.2 Å². The van der Waals surface area contributed by atoms with Crippen LogP contribution in [0.15, 0.2) is 47.6 Å². The highest BCUT2D eigenvalue weighted by molar-refractivity contribution is 5.83. The fraction of sp³-hybridized carbons (Fsp3) is 0.222. The number of hydrazone groups is 1. The smallest absolute Gasteiger partial charge is 0.244 e. The fourth-order valence-corrected chi connectivity index (χ4v) is 2.16. The molecule has 22 heavy (non-hydrogen) atoms. The third-order valence-electron chi connectivity index (χ3n) is 3.35. The second-order valence-electron chi connectivity index (χ2n) is 5.18. The van der Waals surface area contributed by atoms with Crippen molar-refractivity contribution in [2.24, 2.45) is 5.10 Å². The van der Waals surface area contributed by atoms with Crippen molar-refractivity contribution >= 4 is 12.1 Å². The maximum Gasteiger partial charge on any atom is 0.244 e. The molecule has 0 aliphatic heterocycles. The Morgan fingerprint density at radius 1 is 1.23 bits per heavy atom. The monoisotopic (exact) mass is 296 g/mol. The van der Waals surface area contributed by atoms with E-state index in [2.05, 4.69) is 16.6 Å². The van der Waals surface area contributed by atoms with Gasteiger partial charge in [0.05, 0.1) is 19.7 Å². The largest absolute Gasteiger partial charge is 0.497 e. The van der Waals surface area contributed by atoms with E-state index in [9.17, 15) is 4.79 Å². The van der Waals surface area contributed by atoms with E-state index >= 15 is 0 Å². The number of carbonyl (C=O) groups excluding carboxylic acids is 1. The molecule has 4 heteroatoms. The van der Waals surface area contributed by atoms with Crippen molar-refractivity contribution in [2.45, 2.75) is 20.3 Å². The second-order valence-corrected chi connectivity index (χ2v) is 5.18. The number of nitrogens with zero attached hydrogens (tertiary/aromatic N) is 1. The summed E-state index contributed by atoms with van der Waals surface area (Å²) in [6.07, 6.45) is 1.92. The molecule has 0 aromatic heterocycles. The SMILES string of the molecule is COc1cccc(/C=N\NC(=O)Cc2ccc(C)cc2C)c1. The lowest BCUT2D eigenvalue weighted by atomic mass is 10.0. The van der Waals surface area contributed by atoms with Gasteiger partial charge in [0.25, 0.3) is 0 Å². The molecule has 0 spiro atoms. The van der Waals surface area contributed by atoms with Gasteiger partial charge in [-0.2, -0.15) is 5.10 Å². The van der Waals surface area contributed by atoms with Gasteiger partial charge in [-0.25, -0.2) is 5.43 Å². The van der Waals surface area contributed by atoms with Crippen LogP contribution in [0.25, 0.3) is 0 Å². The zero-order valence-corrected chi connectivity index (χ0v) is 13.1. The van der Waals surface area contributed by atoms with Crippen LogP contribution in [0.5, 0.6) is 5.75 Å². The molecule has 0 unspecified atom stereocenters. The lowest BCUT2D eigenvalue weighted by molar-refractivity contribution is -0.120. The number of methoxy groups -OCH3 is 1. The predicted octanol–water partition coefficient (Wildman–Crippen LogP) is 3.00. The molecule has 0 radical (unpaired) electrons. The molecule has 2 aromatic carbocycles. The maximum atomic E-state index is 11.9. The number of ether oxygens (including phenoxy) is 1. The maximum absolute atomic E-state index is 11.9. The Balaban J connectivity index is 1.93. The fourth-order valence-electron chi connectivity index (χ4n) is 2.16. The Hall–Kier alpha value is -2.62. The summed E-state index contributed by atoms with van der Waals surface area (Å²) >= 11 is 0. The minimum absolute atomic E-state index is 0.133. The molecular weight excluding hydrogens is 276 g/mol. The number of nitrogens with one attached hydrogen (secondary N) is 1. The normalized spacial score (nSPS) is 10.7. The molecule has 0 bridgehead atoms. The van der Waals surface area contributed by atoms with Gasteiger partial charge in [0, 0.05) is 0 Å². The first-order valence-corrected chi connectivity index (χ1v) is 7.10. The topological polar surface area (TPSA) is 50.7 Å². The van der Waals surface area contributed by atoms with Crippen LogP contribution in [0.1, 0.15) is 22.3 Å². The molecule has 4 nitrogen and oxygen atoms in total. The molecule has 0 aliphatic rings. The van der Waals surface area contributed by atoms with Gasteiger partial charge in [-0.1, -0.05) is 35.9 Å². The summed E-state index contributed by atoms with van der Waals surface area (Å²) in [7, 11) is 1.61. The Morgan fingerprint density at radius 3 is 2.77 bits per heavy atom. The minimum Gasteiger partial charge on any atom is -0.497 e. The highest BCUT2D eigenvalue weighted by Gasteiger charge is 2.05. The molecule has 114 valence electrons. The molecule has 1 amide bonds. The minimum atomic E-state index is -0.133. The molecule has 0 saturated heterocycles. The van der Waals surface area contributed by atoms with Crippen molar-refractivity contribution in [3.63, 3.8) is 0 Å². The van der Waals surface area contributed by atoms with E-state index in [4.69, 9.17) is 4.74 Å². The predicted molar refractivity (Wildman–Crippen MR) is 88.4 cm³/mol. The van der Waals surface area contributed by atoms with E-state index in [0.717, 1.165) is 22.4 Å². The van der Waals surface area contributed by atoms with Crippen molar-refractivity contribution in [1.29, 1.82) is 0 Å². The molecule has 0 saturated carbocycles.